The third kappa shape index (κ3) is 4.45. The van der Waals surface area contributed by atoms with Gasteiger partial charge in [-0.1, -0.05) is 54.6 Å². The normalized spacial score (nSPS) is 12.8. The molecule has 0 N–H and O–H groups in total. The van der Waals surface area contributed by atoms with E-state index in [0.717, 1.165) is 46.2 Å². The second-order valence-electron chi connectivity index (χ2n) is 9.35. The summed E-state index contributed by atoms with van der Waals surface area (Å²) < 4.78 is 10.9. The summed E-state index contributed by atoms with van der Waals surface area (Å²) in [6.45, 7) is 0.292. The SMILES string of the molecule is COc1ccc2cc(-c3cc(C(=O)OCC(=O)N4CCCc5ccccc54)c4ccccc4n3)ccc2c1. The van der Waals surface area contributed by atoms with Gasteiger partial charge in [-0.2, -0.15) is 0 Å². The molecule has 0 saturated heterocycles. The van der Waals surface area contributed by atoms with Gasteiger partial charge >= 0.3 is 5.97 Å². The standard InChI is InChI=1S/C32H26N2O4/c1-37-25-15-14-22-17-24(13-12-23(22)18-25)29-19-27(26-9-3-4-10-28(26)33-29)32(36)38-20-31(35)34-16-6-8-21-7-2-5-11-30(21)34/h2-5,7,9-15,17-19H,6,8,16,20H2,1H3. The van der Waals surface area contributed by atoms with Crippen molar-refractivity contribution in [3.05, 3.63) is 102 Å². The number of aryl methyl sites for hydroxylation is 1. The number of amides is 1. The van der Waals surface area contributed by atoms with Gasteiger partial charge in [0.25, 0.3) is 5.91 Å². The fraction of sp³-hybridized carbons (Fsp3) is 0.156. The number of ether oxygens (including phenoxy) is 2. The van der Waals surface area contributed by atoms with Crippen LogP contribution in [0.25, 0.3) is 32.9 Å². The number of fused-ring (bicyclic) bond motifs is 3. The predicted octanol–water partition coefficient (Wildman–Crippen LogP) is 6.20. The highest BCUT2D eigenvalue weighted by atomic mass is 16.5. The number of anilines is 1. The van der Waals surface area contributed by atoms with Gasteiger partial charge in [0.05, 0.1) is 23.9 Å². The van der Waals surface area contributed by atoms with Crippen LogP contribution in [-0.2, 0) is 16.0 Å². The number of benzene rings is 4. The van der Waals surface area contributed by atoms with E-state index in [4.69, 9.17) is 14.5 Å². The van der Waals surface area contributed by atoms with Gasteiger partial charge in [0, 0.05) is 23.2 Å². The first kappa shape index (κ1) is 23.7. The lowest BCUT2D eigenvalue weighted by Crippen LogP contribution is -2.38. The number of methoxy groups -OCH3 is 1. The number of carbonyl (C=O) groups is 2. The minimum atomic E-state index is -0.547. The van der Waals surface area contributed by atoms with Crippen LogP contribution >= 0.6 is 0 Å². The molecule has 1 aliphatic rings. The maximum absolute atomic E-state index is 13.3. The van der Waals surface area contributed by atoms with Crippen molar-refractivity contribution >= 4 is 39.2 Å². The average Bonchev–Trinajstić information content (AvgIpc) is 2.98. The van der Waals surface area contributed by atoms with Gasteiger partial charge in [-0.05, 0) is 65.6 Å². The van der Waals surface area contributed by atoms with Crippen molar-refractivity contribution in [2.24, 2.45) is 0 Å². The molecule has 0 unspecified atom stereocenters. The van der Waals surface area contributed by atoms with Crippen LogP contribution < -0.4 is 9.64 Å². The maximum atomic E-state index is 13.3. The highest BCUT2D eigenvalue weighted by Gasteiger charge is 2.24. The third-order valence-electron chi connectivity index (χ3n) is 7.02. The Balaban J connectivity index is 1.29. The Hall–Kier alpha value is -4.71. The number of carbonyl (C=O) groups excluding carboxylic acids is 2. The van der Waals surface area contributed by atoms with Crippen molar-refractivity contribution in [2.45, 2.75) is 12.8 Å². The Morgan fingerprint density at radius 3 is 2.58 bits per heavy atom. The summed E-state index contributed by atoms with van der Waals surface area (Å²) in [5, 5.41) is 2.77. The van der Waals surface area contributed by atoms with Crippen molar-refractivity contribution in [1.29, 1.82) is 0 Å². The number of pyridine rings is 1. The number of rotatable bonds is 5. The molecule has 1 aromatic heterocycles. The Labute approximate surface area is 220 Å². The zero-order chi connectivity index (χ0) is 26.1. The van der Waals surface area contributed by atoms with E-state index in [1.54, 1.807) is 18.1 Å². The van der Waals surface area contributed by atoms with E-state index in [1.165, 1.54) is 0 Å². The molecule has 0 radical (unpaired) electrons. The second-order valence-corrected chi connectivity index (χ2v) is 9.35. The molecular weight excluding hydrogens is 476 g/mol. The number of hydrogen-bond acceptors (Lipinski definition) is 5. The van der Waals surface area contributed by atoms with E-state index in [1.807, 2.05) is 84.9 Å². The molecule has 4 aromatic carbocycles. The lowest BCUT2D eigenvalue weighted by atomic mass is 10.0. The van der Waals surface area contributed by atoms with Crippen molar-refractivity contribution in [3.8, 4) is 17.0 Å². The molecule has 6 heteroatoms. The number of hydrogen-bond donors (Lipinski definition) is 0. The Morgan fingerprint density at radius 2 is 1.68 bits per heavy atom. The fourth-order valence-corrected chi connectivity index (χ4v) is 5.08. The third-order valence-corrected chi connectivity index (χ3v) is 7.02. The lowest BCUT2D eigenvalue weighted by molar-refractivity contribution is -0.121. The zero-order valence-electron chi connectivity index (χ0n) is 21.0. The van der Waals surface area contributed by atoms with Crippen molar-refractivity contribution in [3.63, 3.8) is 0 Å². The first-order valence-electron chi connectivity index (χ1n) is 12.6. The van der Waals surface area contributed by atoms with Gasteiger partial charge in [-0.25, -0.2) is 9.78 Å². The van der Waals surface area contributed by atoms with Gasteiger partial charge in [-0.3, -0.25) is 4.79 Å². The summed E-state index contributed by atoms with van der Waals surface area (Å²) in [4.78, 5) is 32.9. The summed E-state index contributed by atoms with van der Waals surface area (Å²) in [7, 11) is 1.65. The van der Waals surface area contributed by atoms with Gasteiger partial charge in [-0.15, -0.1) is 0 Å². The summed E-state index contributed by atoms with van der Waals surface area (Å²) in [5.41, 5.74) is 4.63. The van der Waals surface area contributed by atoms with Crippen LogP contribution in [0.5, 0.6) is 5.75 Å². The molecule has 1 aliphatic heterocycles. The number of para-hydroxylation sites is 2. The second kappa shape index (κ2) is 9.98. The van der Waals surface area contributed by atoms with E-state index in [-0.39, 0.29) is 12.5 Å². The smallest absolute Gasteiger partial charge is 0.339 e. The predicted molar refractivity (Wildman–Crippen MR) is 149 cm³/mol. The topological polar surface area (TPSA) is 68.7 Å². The molecule has 0 aliphatic carbocycles. The summed E-state index contributed by atoms with van der Waals surface area (Å²) in [6.07, 6.45) is 1.82. The van der Waals surface area contributed by atoms with E-state index < -0.39 is 5.97 Å². The number of aromatic nitrogens is 1. The van der Waals surface area contributed by atoms with Crippen molar-refractivity contribution < 1.29 is 19.1 Å². The van der Waals surface area contributed by atoms with Crippen LogP contribution in [0, 0.1) is 0 Å². The van der Waals surface area contributed by atoms with Gasteiger partial charge in [0.2, 0.25) is 0 Å². The quantitative estimate of drug-likeness (QED) is 0.268. The molecule has 5 aromatic rings. The van der Waals surface area contributed by atoms with Crippen LogP contribution in [0.2, 0.25) is 0 Å². The summed E-state index contributed by atoms with van der Waals surface area (Å²) in [6, 6.07) is 29.0. The number of nitrogens with zero attached hydrogens (tertiary/aromatic N) is 2. The monoisotopic (exact) mass is 502 g/mol. The van der Waals surface area contributed by atoms with E-state index in [2.05, 4.69) is 0 Å². The minimum Gasteiger partial charge on any atom is -0.497 e. The average molecular weight is 503 g/mol. The minimum absolute atomic E-state index is 0.228. The largest absolute Gasteiger partial charge is 0.497 e. The Bertz CT molecular complexity index is 1690. The molecule has 6 rings (SSSR count). The van der Waals surface area contributed by atoms with Crippen LogP contribution in [0.15, 0.2) is 91.0 Å². The molecule has 6 nitrogen and oxygen atoms in total. The van der Waals surface area contributed by atoms with Crippen LogP contribution in [0.4, 0.5) is 5.69 Å². The lowest BCUT2D eigenvalue weighted by Gasteiger charge is -2.29. The van der Waals surface area contributed by atoms with E-state index >= 15 is 0 Å². The van der Waals surface area contributed by atoms with Crippen LogP contribution in [0.1, 0.15) is 22.3 Å². The summed E-state index contributed by atoms with van der Waals surface area (Å²) in [5.74, 6) is 0.0183. The Morgan fingerprint density at radius 1 is 0.895 bits per heavy atom. The van der Waals surface area contributed by atoms with Crippen molar-refractivity contribution in [1.82, 2.24) is 4.98 Å². The maximum Gasteiger partial charge on any atom is 0.339 e. The molecule has 1 amide bonds. The molecule has 2 heterocycles. The highest BCUT2D eigenvalue weighted by Crippen LogP contribution is 2.30. The first-order chi connectivity index (χ1) is 18.6. The van der Waals surface area contributed by atoms with Gasteiger partial charge < -0.3 is 14.4 Å². The van der Waals surface area contributed by atoms with Crippen LogP contribution in [0.3, 0.4) is 0 Å². The van der Waals surface area contributed by atoms with E-state index in [0.29, 0.717) is 28.7 Å². The van der Waals surface area contributed by atoms with Gasteiger partial charge in [0.1, 0.15) is 5.75 Å². The zero-order valence-corrected chi connectivity index (χ0v) is 21.0. The molecule has 0 spiro atoms. The molecule has 0 bridgehead atoms. The molecule has 0 saturated carbocycles. The molecule has 38 heavy (non-hydrogen) atoms. The Kier molecular flexibility index (Phi) is 6.22. The molecule has 188 valence electrons. The number of esters is 1. The summed E-state index contributed by atoms with van der Waals surface area (Å²) >= 11 is 0. The highest BCUT2D eigenvalue weighted by molar-refractivity contribution is 6.06. The van der Waals surface area contributed by atoms with Crippen molar-refractivity contribution in [2.75, 3.05) is 25.2 Å². The van der Waals surface area contributed by atoms with E-state index in [9.17, 15) is 9.59 Å². The van der Waals surface area contributed by atoms with Crippen LogP contribution in [-0.4, -0.2) is 37.1 Å². The molecule has 0 atom stereocenters. The fourth-order valence-electron chi connectivity index (χ4n) is 5.08. The molecule has 0 fully saturated rings. The van der Waals surface area contributed by atoms with Gasteiger partial charge in [0.15, 0.2) is 6.61 Å². The first-order valence-corrected chi connectivity index (χ1v) is 12.6. The molecular formula is C32H26N2O4.